The number of methoxy groups -OCH3 is 2. The summed E-state index contributed by atoms with van der Waals surface area (Å²) in [5, 5.41) is 12.3. The van der Waals surface area contributed by atoms with E-state index in [0.29, 0.717) is 41.2 Å². The van der Waals surface area contributed by atoms with Gasteiger partial charge in [0.1, 0.15) is 12.4 Å². The van der Waals surface area contributed by atoms with Gasteiger partial charge in [-0.05, 0) is 36.2 Å². The minimum absolute atomic E-state index is 0.0456. The number of hydrogen-bond acceptors (Lipinski definition) is 10. The van der Waals surface area contributed by atoms with E-state index < -0.39 is 0 Å². The van der Waals surface area contributed by atoms with Crippen LogP contribution in [0.2, 0.25) is 0 Å². The van der Waals surface area contributed by atoms with E-state index in [2.05, 4.69) is 10.0 Å². The van der Waals surface area contributed by atoms with Crippen LogP contribution in [0.4, 0.5) is 17.3 Å². The lowest BCUT2D eigenvalue weighted by atomic mass is 10.2. The Bertz CT molecular complexity index is 1280. The Balaban J connectivity index is 1.68. The van der Waals surface area contributed by atoms with E-state index in [-0.39, 0.29) is 19.8 Å². The molecule has 0 atom stereocenters. The summed E-state index contributed by atoms with van der Waals surface area (Å²) in [6.45, 7) is 0.770. The zero-order valence-corrected chi connectivity index (χ0v) is 20.9. The zero-order valence-electron chi connectivity index (χ0n) is 20.1. The quantitative estimate of drug-likeness (QED) is 0.171. The van der Waals surface area contributed by atoms with Crippen LogP contribution in [0, 0.1) is 0 Å². The molecule has 0 unspecified atom stereocenters. The lowest BCUT2D eigenvalue weighted by Gasteiger charge is -2.19. The van der Waals surface area contributed by atoms with Crippen LogP contribution in [-0.2, 0) is 4.74 Å². The van der Waals surface area contributed by atoms with Crippen LogP contribution in [0.15, 0.2) is 71.6 Å². The molecule has 0 amide bonds. The summed E-state index contributed by atoms with van der Waals surface area (Å²) in [6, 6.07) is 21.2. The Morgan fingerprint density at radius 1 is 0.833 bits per heavy atom. The topological polar surface area (TPSA) is 107 Å². The fraction of sp³-hybridized carbons (Fsp3) is 0.231. The Hall–Kier alpha value is -3.73. The van der Waals surface area contributed by atoms with Gasteiger partial charge in [-0.3, -0.25) is 0 Å². The highest BCUT2D eigenvalue weighted by molar-refractivity contribution is 8.00. The maximum atomic E-state index is 8.92. The minimum atomic E-state index is -0.0456. The second-order valence-corrected chi connectivity index (χ2v) is 8.32. The van der Waals surface area contributed by atoms with E-state index in [9.17, 15) is 0 Å². The van der Waals surface area contributed by atoms with E-state index in [4.69, 9.17) is 34.0 Å². The molecule has 0 fully saturated rings. The van der Waals surface area contributed by atoms with Crippen molar-refractivity contribution in [3.63, 3.8) is 0 Å². The minimum Gasteiger partial charge on any atom is -0.497 e. The third-order valence-corrected chi connectivity index (χ3v) is 5.83. The highest BCUT2D eigenvalue weighted by Crippen LogP contribution is 2.42. The summed E-state index contributed by atoms with van der Waals surface area (Å²) in [5.41, 5.74) is 2.09. The first-order valence-corrected chi connectivity index (χ1v) is 12.1. The molecule has 3 N–H and O–H groups in total. The normalized spacial score (nSPS) is 10.8. The number of aromatic nitrogens is 2. The number of anilines is 3. The number of para-hydroxylation sites is 2. The number of benzene rings is 3. The lowest BCUT2D eigenvalue weighted by molar-refractivity contribution is 0.0700. The van der Waals surface area contributed by atoms with Gasteiger partial charge in [-0.25, -0.2) is 9.97 Å². The first-order chi connectivity index (χ1) is 17.7. The Morgan fingerprint density at radius 2 is 1.56 bits per heavy atom. The lowest BCUT2D eigenvalue weighted by Crippen LogP contribution is -2.11. The third kappa shape index (κ3) is 6.48. The van der Waals surface area contributed by atoms with Crippen molar-refractivity contribution in [1.82, 2.24) is 9.97 Å². The molecule has 0 spiro atoms. The Kier molecular flexibility index (Phi) is 9.03. The van der Waals surface area contributed by atoms with Crippen LogP contribution in [0.5, 0.6) is 17.2 Å². The van der Waals surface area contributed by atoms with Gasteiger partial charge in [0.05, 0.1) is 50.8 Å². The number of ether oxygens (including phenoxy) is 4. The molecule has 0 aliphatic rings. The van der Waals surface area contributed by atoms with E-state index in [1.54, 1.807) is 26.4 Å². The van der Waals surface area contributed by atoms with Crippen molar-refractivity contribution in [3.8, 4) is 17.2 Å². The number of nitrogens with zero attached hydrogens (tertiary/aromatic N) is 2. The van der Waals surface area contributed by atoms with E-state index >= 15 is 0 Å². The van der Waals surface area contributed by atoms with Crippen molar-refractivity contribution in [3.05, 3.63) is 66.7 Å². The molecule has 36 heavy (non-hydrogen) atoms. The molecule has 0 saturated heterocycles. The fourth-order valence-corrected chi connectivity index (χ4v) is 3.99. The van der Waals surface area contributed by atoms with Crippen LogP contribution >= 0.6 is 11.9 Å². The van der Waals surface area contributed by atoms with Crippen LogP contribution in [0.25, 0.3) is 11.0 Å². The molecule has 1 heterocycles. The van der Waals surface area contributed by atoms with Crippen LogP contribution in [-0.4, -0.2) is 55.7 Å². The van der Waals surface area contributed by atoms with E-state index in [1.165, 1.54) is 11.9 Å². The molecule has 1 aromatic heterocycles. The molecule has 0 aliphatic carbocycles. The van der Waals surface area contributed by atoms with Crippen molar-refractivity contribution in [2.24, 2.45) is 0 Å². The van der Waals surface area contributed by atoms with E-state index in [1.807, 2.05) is 54.6 Å². The number of fused-ring (bicyclic) bond motifs is 1. The predicted molar refractivity (Wildman–Crippen MR) is 142 cm³/mol. The highest BCUT2D eigenvalue weighted by atomic mass is 32.2. The summed E-state index contributed by atoms with van der Waals surface area (Å²) in [7, 11) is 3.15. The largest absolute Gasteiger partial charge is 0.497 e. The van der Waals surface area contributed by atoms with Crippen LogP contribution in [0.3, 0.4) is 0 Å². The Morgan fingerprint density at radius 3 is 2.25 bits per heavy atom. The van der Waals surface area contributed by atoms with Gasteiger partial charge in [0, 0.05) is 17.0 Å². The van der Waals surface area contributed by atoms with Gasteiger partial charge in [0.15, 0.2) is 23.1 Å². The smallest absolute Gasteiger partial charge is 0.185 e. The third-order valence-electron chi connectivity index (χ3n) is 5.03. The van der Waals surface area contributed by atoms with Crippen molar-refractivity contribution >= 4 is 40.3 Å². The summed E-state index contributed by atoms with van der Waals surface area (Å²) < 4.78 is 25.7. The number of nitrogens with one attached hydrogen (secondary N) is 2. The fourth-order valence-electron chi connectivity index (χ4n) is 3.34. The Labute approximate surface area is 213 Å². The van der Waals surface area contributed by atoms with Gasteiger partial charge >= 0.3 is 0 Å². The number of aliphatic hydroxyl groups is 1. The molecule has 4 rings (SSSR count). The highest BCUT2D eigenvalue weighted by Gasteiger charge is 2.18. The van der Waals surface area contributed by atoms with Crippen molar-refractivity contribution in [2.45, 2.75) is 4.90 Å². The first kappa shape index (κ1) is 25.4. The average Bonchev–Trinajstić information content (AvgIpc) is 2.92. The number of rotatable bonds is 13. The molecular formula is C26H28N4O5S. The summed E-state index contributed by atoms with van der Waals surface area (Å²) >= 11 is 1.44. The maximum absolute atomic E-state index is 8.92. The molecule has 188 valence electrons. The number of hydrogen-bond donors (Lipinski definition) is 3. The molecule has 4 aromatic rings. The molecule has 0 saturated carbocycles. The molecule has 9 nitrogen and oxygen atoms in total. The number of aliphatic hydroxyl groups excluding tert-OH is 1. The predicted octanol–water partition coefficient (Wildman–Crippen LogP) is 4.90. The van der Waals surface area contributed by atoms with Gasteiger partial charge in [-0.1, -0.05) is 30.3 Å². The van der Waals surface area contributed by atoms with Gasteiger partial charge in [-0.15, -0.1) is 0 Å². The van der Waals surface area contributed by atoms with Crippen molar-refractivity contribution in [1.29, 1.82) is 0 Å². The summed E-state index contributed by atoms with van der Waals surface area (Å²) in [5.74, 6) is 2.61. The van der Waals surface area contributed by atoms with Gasteiger partial charge in [0.2, 0.25) is 0 Å². The average molecular weight is 509 g/mol. The second kappa shape index (κ2) is 12.8. The summed E-state index contributed by atoms with van der Waals surface area (Å²) in [6.07, 6.45) is 0. The van der Waals surface area contributed by atoms with E-state index in [0.717, 1.165) is 15.9 Å². The van der Waals surface area contributed by atoms with Gasteiger partial charge in [-0.2, -0.15) is 0 Å². The summed E-state index contributed by atoms with van der Waals surface area (Å²) in [4.78, 5) is 10.6. The zero-order chi connectivity index (χ0) is 25.2. The first-order valence-electron chi connectivity index (χ1n) is 11.3. The second-order valence-electron chi connectivity index (χ2n) is 7.44. The molecule has 0 bridgehead atoms. The molecular weight excluding hydrogens is 480 g/mol. The molecule has 10 heteroatoms. The standard InChI is InChI=1S/C26H28N4O5S/c1-32-18-16-22(24(23(17-18)33-2)35-15-14-34-13-12-31)29-25-26(30-36-19-8-4-3-5-9-19)28-21-11-7-6-10-20(21)27-25/h3-11,16-17,31H,12-15H2,1-2H3,(H,27,29)(H,28,30). The van der Waals surface area contributed by atoms with Crippen LogP contribution in [0.1, 0.15) is 0 Å². The van der Waals surface area contributed by atoms with Crippen LogP contribution < -0.4 is 24.2 Å². The molecule has 0 aliphatic heterocycles. The van der Waals surface area contributed by atoms with Gasteiger partial charge < -0.3 is 34.1 Å². The van der Waals surface area contributed by atoms with Crippen molar-refractivity contribution < 1.29 is 24.1 Å². The molecule has 0 radical (unpaired) electrons. The van der Waals surface area contributed by atoms with Gasteiger partial charge in [0.25, 0.3) is 0 Å². The maximum Gasteiger partial charge on any atom is 0.185 e. The SMILES string of the molecule is COc1cc(Nc2nc3ccccc3nc2NSc2ccccc2)c(OCCOCCO)c(OC)c1. The monoisotopic (exact) mass is 508 g/mol. The van der Waals surface area contributed by atoms with Crippen molar-refractivity contribution in [2.75, 3.05) is 50.7 Å². The molecule has 3 aromatic carbocycles.